The van der Waals surface area contributed by atoms with Gasteiger partial charge in [0.1, 0.15) is 0 Å². The number of hydrogen-bond donors (Lipinski definition) is 2. The van der Waals surface area contributed by atoms with Crippen LogP contribution < -0.4 is 10.9 Å². The summed E-state index contributed by atoms with van der Waals surface area (Å²) in [5, 5.41) is 3.96. The summed E-state index contributed by atoms with van der Waals surface area (Å²) < 4.78 is 0. The highest BCUT2D eigenvalue weighted by molar-refractivity contribution is 6.06. The third-order valence-corrected chi connectivity index (χ3v) is 4.58. The van der Waals surface area contributed by atoms with Crippen molar-refractivity contribution in [1.29, 1.82) is 0 Å². The number of carbonyl (C=O) groups excluding carboxylic acids is 2. The Balaban J connectivity index is 1.91. The average molecular weight is 327 g/mol. The van der Waals surface area contributed by atoms with Crippen LogP contribution in [0.1, 0.15) is 30.1 Å². The summed E-state index contributed by atoms with van der Waals surface area (Å²) in [7, 11) is 1.76. The van der Waals surface area contributed by atoms with E-state index >= 15 is 0 Å². The zero-order chi connectivity index (χ0) is 17.3. The van der Waals surface area contributed by atoms with Crippen LogP contribution in [-0.2, 0) is 4.79 Å². The van der Waals surface area contributed by atoms with Crippen LogP contribution in [0, 0.1) is 5.92 Å². The van der Waals surface area contributed by atoms with E-state index in [1.807, 2.05) is 6.07 Å². The number of nitrogens with one attached hydrogen (secondary N) is 2. The molecule has 1 unspecified atom stereocenters. The molecule has 6 heteroatoms. The van der Waals surface area contributed by atoms with E-state index in [0.717, 1.165) is 12.8 Å². The lowest BCUT2D eigenvalue weighted by Crippen LogP contribution is -2.46. The lowest BCUT2D eigenvalue weighted by atomic mass is 10.0. The van der Waals surface area contributed by atoms with Gasteiger partial charge in [-0.25, -0.2) is 0 Å². The van der Waals surface area contributed by atoms with Crippen molar-refractivity contribution in [2.75, 3.05) is 13.6 Å². The fourth-order valence-electron chi connectivity index (χ4n) is 3.08. The molecule has 0 saturated heterocycles. The molecule has 1 aliphatic carbocycles. The number of carbonyl (C=O) groups is 2. The molecule has 1 aliphatic rings. The van der Waals surface area contributed by atoms with Gasteiger partial charge in [-0.05, 0) is 24.8 Å². The fraction of sp³-hybridized carbons (Fsp3) is 0.389. The summed E-state index contributed by atoms with van der Waals surface area (Å²) in [5.74, 6) is 0.167. The number of rotatable bonds is 5. The van der Waals surface area contributed by atoms with Crippen molar-refractivity contribution < 1.29 is 9.59 Å². The molecular weight excluding hydrogens is 306 g/mol. The molecule has 2 aromatic rings. The summed E-state index contributed by atoms with van der Waals surface area (Å²) in [5.41, 5.74) is 0.267. The number of aromatic nitrogens is 1. The molecule has 1 saturated carbocycles. The van der Waals surface area contributed by atoms with Gasteiger partial charge in [0.2, 0.25) is 5.91 Å². The predicted molar refractivity (Wildman–Crippen MR) is 91.9 cm³/mol. The summed E-state index contributed by atoms with van der Waals surface area (Å²) in [4.78, 5) is 40.4. The molecule has 0 bridgehead atoms. The fourth-order valence-corrected chi connectivity index (χ4v) is 3.08. The van der Waals surface area contributed by atoms with Gasteiger partial charge in [-0.15, -0.1) is 0 Å². The Labute approximate surface area is 139 Å². The quantitative estimate of drug-likeness (QED) is 0.873. The minimum absolute atomic E-state index is 0.0351. The van der Waals surface area contributed by atoms with Crippen LogP contribution in [0.15, 0.2) is 35.3 Å². The number of amides is 2. The lowest BCUT2D eigenvalue weighted by molar-refractivity contribution is -0.119. The maximum absolute atomic E-state index is 13.0. The largest absolute Gasteiger partial charge is 0.354 e. The molecule has 24 heavy (non-hydrogen) atoms. The van der Waals surface area contributed by atoms with Crippen molar-refractivity contribution >= 4 is 22.6 Å². The second-order valence-corrected chi connectivity index (χ2v) is 6.33. The third-order valence-electron chi connectivity index (χ3n) is 4.58. The highest BCUT2D eigenvalue weighted by atomic mass is 16.2. The van der Waals surface area contributed by atoms with Crippen LogP contribution in [0.2, 0.25) is 0 Å². The van der Waals surface area contributed by atoms with E-state index in [9.17, 15) is 14.4 Å². The van der Waals surface area contributed by atoms with Crippen LogP contribution in [0.3, 0.4) is 0 Å². The molecule has 6 nitrogen and oxygen atoms in total. The van der Waals surface area contributed by atoms with Crippen molar-refractivity contribution in [3.05, 3.63) is 46.4 Å². The maximum atomic E-state index is 13.0. The Morgan fingerprint density at radius 2 is 1.96 bits per heavy atom. The number of fused-ring (bicyclic) bond motifs is 1. The number of aromatic amines is 1. The minimum atomic E-state index is -0.207. The predicted octanol–water partition coefficient (Wildman–Crippen LogP) is 1.51. The van der Waals surface area contributed by atoms with E-state index in [-0.39, 0.29) is 23.4 Å². The van der Waals surface area contributed by atoms with Crippen LogP contribution in [0.5, 0.6) is 0 Å². The first-order valence-corrected chi connectivity index (χ1v) is 8.11. The highest BCUT2D eigenvalue weighted by Crippen LogP contribution is 2.35. The lowest BCUT2D eigenvalue weighted by Gasteiger charge is -2.29. The Bertz CT molecular complexity index is 839. The first kappa shape index (κ1) is 16.2. The average Bonchev–Trinajstić information content (AvgIpc) is 3.39. The summed E-state index contributed by atoms with van der Waals surface area (Å²) in [6.45, 7) is 1.92. The van der Waals surface area contributed by atoms with E-state index in [1.165, 1.54) is 13.1 Å². The van der Waals surface area contributed by atoms with Gasteiger partial charge >= 0.3 is 0 Å². The van der Waals surface area contributed by atoms with Crippen LogP contribution in [-0.4, -0.2) is 41.3 Å². The molecule has 1 atom stereocenters. The normalized spacial score (nSPS) is 15.1. The smallest absolute Gasteiger partial charge is 0.256 e. The van der Waals surface area contributed by atoms with Crippen molar-refractivity contribution in [2.45, 2.75) is 25.8 Å². The minimum Gasteiger partial charge on any atom is -0.354 e. The van der Waals surface area contributed by atoms with Gasteiger partial charge in [0.15, 0.2) is 0 Å². The van der Waals surface area contributed by atoms with Crippen molar-refractivity contribution in [3.63, 3.8) is 0 Å². The van der Waals surface area contributed by atoms with Gasteiger partial charge in [0.05, 0.1) is 11.6 Å². The number of likely N-dealkylation sites (N-methyl/N-ethyl adjacent to an activating group) is 1. The summed E-state index contributed by atoms with van der Waals surface area (Å²) in [6, 6.07) is 7.05. The molecule has 126 valence electrons. The van der Waals surface area contributed by atoms with E-state index in [1.54, 1.807) is 30.1 Å². The molecule has 1 heterocycles. The standard InChI is InChI=1S/C18H21N3O3/c1-11(22)19-10-16(12-7-8-12)21(2)18(24)15-9-20-17(23)14-6-4-3-5-13(14)15/h3-6,9,12,16H,7-8,10H2,1-2H3,(H,19,22)(H,20,23). The number of H-pyrrole nitrogens is 1. The maximum Gasteiger partial charge on any atom is 0.256 e. The van der Waals surface area contributed by atoms with Gasteiger partial charge in [-0.3, -0.25) is 14.4 Å². The third kappa shape index (κ3) is 3.18. The van der Waals surface area contributed by atoms with Gasteiger partial charge in [0, 0.05) is 37.5 Å². The highest BCUT2D eigenvalue weighted by Gasteiger charge is 2.36. The zero-order valence-electron chi connectivity index (χ0n) is 13.8. The first-order valence-electron chi connectivity index (χ1n) is 8.11. The van der Waals surface area contributed by atoms with Crippen LogP contribution in [0.4, 0.5) is 0 Å². The molecule has 1 fully saturated rings. The van der Waals surface area contributed by atoms with Gasteiger partial charge in [-0.1, -0.05) is 18.2 Å². The number of hydrogen-bond acceptors (Lipinski definition) is 3. The van der Waals surface area contributed by atoms with Crippen molar-refractivity contribution in [2.24, 2.45) is 5.92 Å². The Hall–Kier alpha value is -2.63. The Kier molecular flexibility index (Phi) is 4.38. The van der Waals surface area contributed by atoms with Crippen LogP contribution in [0.25, 0.3) is 10.8 Å². The molecule has 0 spiro atoms. The SMILES string of the molecule is CC(=O)NCC(C1CC1)N(C)C(=O)c1c[nH]c(=O)c2ccccc12. The monoisotopic (exact) mass is 327 g/mol. The van der Waals surface area contributed by atoms with E-state index in [0.29, 0.717) is 28.8 Å². The summed E-state index contributed by atoms with van der Waals surface area (Å²) in [6.07, 6.45) is 3.61. The van der Waals surface area contributed by atoms with Gasteiger partial charge < -0.3 is 15.2 Å². The van der Waals surface area contributed by atoms with E-state index < -0.39 is 0 Å². The first-order chi connectivity index (χ1) is 11.5. The second kappa shape index (κ2) is 6.47. The number of nitrogens with zero attached hydrogens (tertiary/aromatic N) is 1. The van der Waals surface area contributed by atoms with E-state index in [4.69, 9.17) is 0 Å². The molecule has 2 N–H and O–H groups in total. The number of pyridine rings is 1. The molecule has 1 aromatic carbocycles. The van der Waals surface area contributed by atoms with Crippen LogP contribution >= 0.6 is 0 Å². The molecule has 0 aliphatic heterocycles. The van der Waals surface area contributed by atoms with Crippen molar-refractivity contribution in [1.82, 2.24) is 15.2 Å². The summed E-state index contributed by atoms with van der Waals surface area (Å²) >= 11 is 0. The molecule has 0 radical (unpaired) electrons. The van der Waals surface area contributed by atoms with Crippen molar-refractivity contribution in [3.8, 4) is 0 Å². The van der Waals surface area contributed by atoms with E-state index in [2.05, 4.69) is 10.3 Å². The Morgan fingerprint density at radius 3 is 2.58 bits per heavy atom. The number of benzene rings is 1. The molecule has 1 aromatic heterocycles. The molecular formula is C18H21N3O3. The molecule has 3 rings (SSSR count). The Morgan fingerprint density at radius 1 is 1.29 bits per heavy atom. The van der Waals surface area contributed by atoms with Gasteiger partial charge in [-0.2, -0.15) is 0 Å². The second-order valence-electron chi connectivity index (χ2n) is 6.33. The van der Waals surface area contributed by atoms with Gasteiger partial charge in [0.25, 0.3) is 11.5 Å². The topological polar surface area (TPSA) is 82.3 Å². The molecule has 2 amide bonds. The zero-order valence-corrected chi connectivity index (χ0v) is 13.8.